The topological polar surface area (TPSA) is 16.4 Å². The van der Waals surface area contributed by atoms with Crippen LogP contribution >= 0.6 is 0 Å². The quantitative estimate of drug-likeness (QED) is 0.158. The third-order valence-electron chi connectivity index (χ3n) is 15.9. The molecule has 0 radical (unpaired) electrons. The van der Waals surface area contributed by atoms with Gasteiger partial charge in [-0.05, 0) is 137 Å². The van der Waals surface area contributed by atoms with Gasteiger partial charge in [0, 0.05) is 10.8 Å². The molecule has 13 aromatic rings. The number of fused-ring (bicyclic) bond motifs is 12. The Morgan fingerprint density at radius 1 is 0.253 bits per heavy atom. The van der Waals surface area contributed by atoms with E-state index in [0.29, 0.717) is 0 Å². The van der Waals surface area contributed by atoms with E-state index in [4.69, 9.17) is 4.42 Å². The van der Waals surface area contributed by atoms with Crippen molar-refractivity contribution in [1.82, 2.24) is 0 Å². The molecule has 2 heteroatoms. The molecule has 2 aliphatic rings. The van der Waals surface area contributed by atoms with Gasteiger partial charge in [0.2, 0.25) is 0 Å². The highest BCUT2D eigenvalue weighted by atomic mass is 16.3. The van der Waals surface area contributed by atoms with E-state index in [0.717, 1.165) is 50.1 Å². The fraction of sp³-hybridized carbons (Fsp3) is 0.0137. The molecule has 350 valence electrons. The molecule has 1 spiro atoms. The largest absolute Gasteiger partial charge is 0.454 e. The number of furan rings is 1. The maximum atomic E-state index is 7.00. The standard InChI is InChI=1S/C73H47NO/c1-5-22-48(23-6-1)54-33-19-34-55(49-24-7-2-8-25-49)70(54)52-42-44-66-64(46-52)73(62-38-16-13-30-58(62)59-31-14-17-39-63(59)73)65-47-53(71-56(50-26-9-3-10-27-50)35-20-36-57(71)51-28-11-4-12-29-51)43-45-67(65)74(66)68-40-21-37-61-60-32-15-18-41-69(60)75-72(61)68/h1-47H. The summed E-state index contributed by atoms with van der Waals surface area (Å²) in [5.74, 6) is 0. The summed E-state index contributed by atoms with van der Waals surface area (Å²) in [5.41, 5.74) is 25.7. The van der Waals surface area contributed by atoms with Gasteiger partial charge in [0.15, 0.2) is 5.58 Å². The zero-order chi connectivity index (χ0) is 49.5. The Kier molecular flexibility index (Phi) is 9.83. The molecule has 1 aliphatic carbocycles. The molecular weight excluding hydrogens is 907 g/mol. The van der Waals surface area contributed by atoms with Crippen molar-refractivity contribution in [2.24, 2.45) is 0 Å². The average Bonchev–Trinajstić information content (AvgIpc) is 4.13. The van der Waals surface area contributed by atoms with E-state index >= 15 is 0 Å². The predicted octanol–water partition coefficient (Wildman–Crippen LogP) is 19.7. The van der Waals surface area contributed by atoms with E-state index in [2.05, 4.69) is 290 Å². The van der Waals surface area contributed by atoms with Crippen LogP contribution < -0.4 is 4.90 Å². The van der Waals surface area contributed by atoms with Crippen LogP contribution in [-0.2, 0) is 5.41 Å². The van der Waals surface area contributed by atoms with Crippen LogP contribution in [0.25, 0.3) is 99.8 Å². The van der Waals surface area contributed by atoms with Crippen molar-refractivity contribution in [3.8, 4) is 77.9 Å². The van der Waals surface area contributed by atoms with Crippen molar-refractivity contribution in [2.45, 2.75) is 5.41 Å². The Bertz CT molecular complexity index is 4000. The molecule has 1 aliphatic heterocycles. The molecule has 0 saturated heterocycles. The monoisotopic (exact) mass is 953 g/mol. The van der Waals surface area contributed by atoms with Crippen LogP contribution in [0.15, 0.2) is 290 Å². The highest BCUT2D eigenvalue weighted by Crippen LogP contribution is 2.65. The number of benzene rings is 12. The molecule has 0 atom stereocenters. The van der Waals surface area contributed by atoms with Crippen LogP contribution in [-0.4, -0.2) is 0 Å². The Balaban J connectivity index is 1.10. The van der Waals surface area contributed by atoms with Crippen molar-refractivity contribution >= 4 is 39.0 Å². The number of hydrogen-bond donors (Lipinski definition) is 0. The molecule has 2 heterocycles. The Labute approximate surface area is 436 Å². The first-order valence-corrected chi connectivity index (χ1v) is 25.9. The smallest absolute Gasteiger partial charge is 0.159 e. The van der Waals surface area contributed by atoms with Gasteiger partial charge in [0.1, 0.15) is 5.58 Å². The van der Waals surface area contributed by atoms with Crippen LogP contribution in [0, 0.1) is 0 Å². The average molecular weight is 954 g/mol. The predicted molar refractivity (Wildman–Crippen MR) is 312 cm³/mol. The summed E-state index contributed by atoms with van der Waals surface area (Å²) in [6.07, 6.45) is 0. The van der Waals surface area contributed by atoms with Gasteiger partial charge in [0.05, 0.1) is 22.5 Å². The van der Waals surface area contributed by atoms with Gasteiger partial charge in [0.25, 0.3) is 0 Å². The zero-order valence-corrected chi connectivity index (χ0v) is 41.0. The molecule has 0 unspecified atom stereocenters. The van der Waals surface area contributed by atoms with Gasteiger partial charge in [-0.15, -0.1) is 0 Å². The first-order valence-electron chi connectivity index (χ1n) is 25.9. The van der Waals surface area contributed by atoms with E-state index in [1.54, 1.807) is 0 Å². The van der Waals surface area contributed by atoms with Crippen molar-refractivity contribution in [3.63, 3.8) is 0 Å². The van der Waals surface area contributed by atoms with Gasteiger partial charge in [-0.2, -0.15) is 0 Å². The van der Waals surface area contributed by atoms with E-state index in [1.807, 2.05) is 0 Å². The van der Waals surface area contributed by atoms with E-state index in [-0.39, 0.29) is 0 Å². The summed E-state index contributed by atoms with van der Waals surface area (Å²) < 4.78 is 7.00. The lowest BCUT2D eigenvalue weighted by molar-refractivity contribution is 0.668. The SMILES string of the molecule is c1ccc(-c2cccc(-c3ccccc3)c2-c2ccc3c(c2)C2(c4ccccc4-c4ccccc42)c2cc(-c4c(-c5ccccc5)cccc4-c4ccccc4)ccc2N3c2cccc3c2oc2ccccc23)cc1. The number of nitrogens with zero attached hydrogens (tertiary/aromatic N) is 1. The molecule has 0 bridgehead atoms. The molecule has 15 rings (SSSR count). The molecule has 1 aromatic heterocycles. The second-order valence-corrected chi connectivity index (χ2v) is 19.8. The summed E-state index contributed by atoms with van der Waals surface area (Å²) in [6, 6.07) is 105. The lowest BCUT2D eigenvalue weighted by Crippen LogP contribution is -2.36. The highest BCUT2D eigenvalue weighted by Gasteiger charge is 2.52. The van der Waals surface area contributed by atoms with Crippen molar-refractivity contribution in [2.75, 3.05) is 4.90 Å². The van der Waals surface area contributed by atoms with E-state index < -0.39 is 5.41 Å². The van der Waals surface area contributed by atoms with E-state index in [1.165, 1.54) is 89.0 Å². The van der Waals surface area contributed by atoms with Crippen LogP contribution in [0.5, 0.6) is 0 Å². The fourth-order valence-corrected chi connectivity index (χ4v) is 12.8. The summed E-state index contributed by atoms with van der Waals surface area (Å²) in [4.78, 5) is 2.50. The molecule has 12 aromatic carbocycles. The van der Waals surface area contributed by atoms with Crippen molar-refractivity contribution in [3.05, 3.63) is 307 Å². The van der Waals surface area contributed by atoms with Gasteiger partial charge in [-0.25, -0.2) is 0 Å². The lowest BCUT2D eigenvalue weighted by Gasteiger charge is -2.45. The molecule has 0 saturated carbocycles. The zero-order valence-electron chi connectivity index (χ0n) is 41.0. The molecule has 0 amide bonds. The fourth-order valence-electron chi connectivity index (χ4n) is 12.8. The second-order valence-electron chi connectivity index (χ2n) is 19.8. The van der Waals surface area contributed by atoms with Crippen molar-refractivity contribution < 1.29 is 4.42 Å². The normalized spacial score (nSPS) is 12.9. The van der Waals surface area contributed by atoms with E-state index in [9.17, 15) is 0 Å². The van der Waals surface area contributed by atoms with Gasteiger partial charge in [-0.1, -0.05) is 249 Å². The highest BCUT2D eigenvalue weighted by molar-refractivity contribution is 6.12. The summed E-state index contributed by atoms with van der Waals surface area (Å²) >= 11 is 0. The van der Waals surface area contributed by atoms with Crippen molar-refractivity contribution in [1.29, 1.82) is 0 Å². The van der Waals surface area contributed by atoms with Crippen LogP contribution in [0.1, 0.15) is 22.3 Å². The Morgan fingerprint density at radius 3 is 1.09 bits per heavy atom. The Hall–Kier alpha value is -9.76. The minimum Gasteiger partial charge on any atom is -0.454 e. The summed E-state index contributed by atoms with van der Waals surface area (Å²) in [6.45, 7) is 0. The third-order valence-corrected chi connectivity index (χ3v) is 15.9. The molecule has 2 nitrogen and oxygen atoms in total. The number of hydrogen-bond acceptors (Lipinski definition) is 2. The number of anilines is 3. The first kappa shape index (κ1) is 42.9. The summed E-state index contributed by atoms with van der Waals surface area (Å²) in [7, 11) is 0. The maximum absolute atomic E-state index is 7.00. The van der Waals surface area contributed by atoms with Gasteiger partial charge in [-0.3, -0.25) is 0 Å². The number of rotatable bonds is 7. The summed E-state index contributed by atoms with van der Waals surface area (Å²) in [5, 5.41) is 2.19. The van der Waals surface area contributed by atoms with Crippen LogP contribution in [0.3, 0.4) is 0 Å². The minimum atomic E-state index is -0.759. The lowest BCUT2D eigenvalue weighted by atomic mass is 9.63. The molecule has 0 fully saturated rings. The first-order chi connectivity index (χ1) is 37.2. The maximum Gasteiger partial charge on any atom is 0.159 e. The molecule has 75 heavy (non-hydrogen) atoms. The van der Waals surface area contributed by atoms with Gasteiger partial charge >= 0.3 is 0 Å². The second kappa shape index (κ2) is 17.2. The third kappa shape index (κ3) is 6.53. The minimum absolute atomic E-state index is 0.759. The Morgan fingerprint density at radius 2 is 0.627 bits per heavy atom. The molecule has 0 N–H and O–H groups in total. The number of para-hydroxylation sites is 2. The molecular formula is C73H47NO. The van der Waals surface area contributed by atoms with Gasteiger partial charge < -0.3 is 9.32 Å². The van der Waals surface area contributed by atoms with Crippen LogP contribution in [0.4, 0.5) is 17.1 Å². The van der Waals surface area contributed by atoms with Crippen LogP contribution in [0.2, 0.25) is 0 Å².